The van der Waals surface area contributed by atoms with E-state index in [1.54, 1.807) is 22.6 Å². The van der Waals surface area contributed by atoms with E-state index in [1.807, 2.05) is 0 Å². The lowest BCUT2D eigenvalue weighted by molar-refractivity contribution is 0.152. The molecule has 0 unspecified atom stereocenters. The quantitative estimate of drug-likeness (QED) is 0.610. The molecule has 0 saturated carbocycles. The first-order chi connectivity index (χ1) is 5.52. The highest BCUT2D eigenvalue weighted by molar-refractivity contribution is 14.1. The SMILES string of the molecule is Nc1cc(C(F)F)c(N)c(I)n1. The van der Waals surface area contributed by atoms with Gasteiger partial charge in [-0.2, -0.15) is 0 Å². The number of nitrogens with two attached hydrogens (primary N) is 2. The molecule has 0 fully saturated rings. The van der Waals surface area contributed by atoms with E-state index >= 15 is 0 Å². The second-order valence-electron chi connectivity index (χ2n) is 2.14. The van der Waals surface area contributed by atoms with Crippen LogP contribution in [0.5, 0.6) is 0 Å². The minimum atomic E-state index is -2.61. The van der Waals surface area contributed by atoms with Crippen molar-refractivity contribution in [3.63, 3.8) is 0 Å². The summed E-state index contributed by atoms with van der Waals surface area (Å²) in [5.41, 5.74) is 10.4. The monoisotopic (exact) mass is 285 g/mol. The minimum Gasteiger partial charge on any atom is -0.396 e. The van der Waals surface area contributed by atoms with E-state index in [-0.39, 0.29) is 17.1 Å². The van der Waals surface area contributed by atoms with Crippen LogP contribution < -0.4 is 11.5 Å². The fourth-order valence-corrected chi connectivity index (χ4v) is 1.33. The van der Waals surface area contributed by atoms with Crippen LogP contribution in [-0.4, -0.2) is 4.98 Å². The van der Waals surface area contributed by atoms with E-state index in [1.165, 1.54) is 0 Å². The molecule has 0 saturated heterocycles. The normalized spacial score (nSPS) is 10.7. The highest BCUT2D eigenvalue weighted by atomic mass is 127. The molecule has 0 amide bonds. The molecule has 0 spiro atoms. The van der Waals surface area contributed by atoms with E-state index in [4.69, 9.17) is 11.5 Å². The van der Waals surface area contributed by atoms with Gasteiger partial charge in [-0.05, 0) is 28.7 Å². The maximum absolute atomic E-state index is 12.2. The van der Waals surface area contributed by atoms with Crippen molar-refractivity contribution < 1.29 is 8.78 Å². The number of hydrogen-bond acceptors (Lipinski definition) is 3. The maximum Gasteiger partial charge on any atom is 0.266 e. The average molecular weight is 285 g/mol. The van der Waals surface area contributed by atoms with Crippen molar-refractivity contribution in [1.82, 2.24) is 4.98 Å². The van der Waals surface area contributed by atoms with Crippen molar-refractivity contribution in [3.8, 4) is 0 Å². The summed E-state index contributed by atoms with van der Waals surface area (Å²) in [4.78, 5) is 3.72. The van der Waals surface area contributed by atoms with Gasteiger partial charge in [0.1, 0.15) is 9.52 Å². The zero-order valence-electron chi connectivity index (χ0n) is 5.89. The smallest absolute Gasteiger partial charge is 0.266 e. The van der Waals surface area contributed by atoms with Crippen molar-refractivity contribution >= 4 is 34.1 Å². The van der Waals surface area contributed by atoms with Gasteiger partial charge in [-0.25, -0.2) is 13.8 Å². The Labute approximate surface area is 81.3 Å². The molecule has 1 rings (SSSR count). The van der Waals surface area contributed by atoms with Crippen LogP contribution in [0.3, 0.4) is 0 Å². The lowest BCUT2D eigenvalue weighted by atomic mass is 10.2. The summed E-state index contributed by atoms with van der Waals surface area (Å²) >= 11 is 1.76. The molecule has 0 aliphatic carbocycles. The molecular weight excluding hydrogens is 279 g/mol. The van der Waals surface area contributed by atoms with Crippen molar-refractivity contribution in [2.45, 2.75) is 6.43 Å². The van der Waals surface area contributed by atoms with Gasteiger partial charge < -0.3 is 11.5 Å². The first-order valence-electron chi connectivity index (χ1n) is 3.02. The Balaban J connectivity index is 3.28. The van der Waals surface area contributed by atoms with E-state index in [2.05, 4.69) is 4.98 Å². The van der Waals surface area contributed by atoms with Crippen molar-refractivity contribution in [2.75, 3.05) is 11.5 Å². The van der Waals surface area contributed by atoms with Gasteiger partial charge in [0.05, 0.1) is 5.69 Å². The van der Waals surface area contributed by atoms with E-state index in [0.717, 1.165) is 6.07 Å². The summed E-state index contributed by atoms with van der Waals surface area (Å²) in [6.07, 6.45) is -2.61. The molecule has 1 heterocycles. The topological polar surface area (TPSA) is 64.9 Å². The zero-order valence-corrected chi connectivity index (χ0v) is 8.05. The van der Waals surface area contributed by atoms with Crippen LogP contribution in [0.4, 0.5) is 20.3 Å². The minimum absolute atomic E-state index is 0.000185. The highest BCUT2D eigenvalue weighted by Crippen LogP contribution is 2.28. The van der Waals surface area contributed by atoms with Gasteiger partial charge in [0, 0.05) is 5.56 Å². The van der Waals surface area contributed by atoms with E-state index in [0.29, 0.717) is 3.70 Å². The summed E-state index contributed by atoms with van der Waals surface area (Å²) < 4.78 is 24.8. The summed E-state index contributed by atoms with van der Waals surface area (Å²) in [6, 6.07) is 1.09. The summed E-state index contributed by atoms with van der Waals surface area (Å²) in [5, 5.41) is 0. The predicted molar refractivity (Wildman–Crippen MR) is 50.7 cm³/mol. The molecule has 12 heavy (non-hydrogen) atoms. The summed E-state index contributed by atoms with van der Waals surface area (Å²) in [6.45, 7) is 0. The second-order valence-corrected chi connectivity index (χ2v) is 3.16. The Kier molecular flexibility index (Phi) is 2.65. The first-order valence-corrected chi connectivity index (χ1v) is 4.09. The highest BCUT2D eigenvalue weighted by Gasteiger charge is 2.14. The number of alkyl halides is 2. The van der Waals surface area contributed by atoms with Gasteiger partial charge in [0.2, 0.25) is 0 Å². The molecule has 3 nitrogen and oxygen atoms in total. The molecule has 0 aliphatic heterocycles. The molecular formula is C6H6F2IN3. The number of hydrogen-bond donors (Lipinski definition) is 2. The Hall–Kier alpha value is -0.660. The van der Waals surface area contributed by atoms with E-state index < -0.39 is 6.43 Å². The van der Waals surface area contributed by atoms with Gasteiger partial charge >= 0.3 is 0 Å². The van der Waals surface area contributed by atoms with Crippen LogP contribution >= 0.6 is 22.6 Å². The van der Waals surface area contributed by atoms with Gasteiger partial charge in [0.25, 0.3) is 6.43 Å². The Bertz CT molecular complexity index is 303. The van der Waals surface area contributed by atoms with Crippen molar-refractivity contribution in [1.29, 1.82) is 0 Å². The Morgan fingerprint density at radius 2 is 2.00 bits per heavy atom. The van der Waals surface area contributed by atoms with Gasteiger partial charge in [-0.1, -0.05) is 0 Å². The molecule has 4 N–H and O–H groups in total. The number of aromatic nitrogens is 1. The zero-order chi connectivity index (χ0) is 9.30. The van der Waals surface area contributed by atoms with Crippen LogP contribution in [-0.2, 0) is 0 Å². The summed E-state index contributed by atoms with van der Waals surface area (Å²) in [5.74, 6) is 0.0592. The fourth-order valence-electron chi connectivity index (χ4n) is 0.743. The number of pyridine rings is 1. The first kappa shape index (κ1) is 9.43. The van der Waals surface area contributed by atoms with Gasteiger partial charge in [-0.3, -0.25) is 0 Å². The average Bonchev–Trinajstić information content (AvgIpc) is 1.96. The molecule has 6 heteroatoms. The number of nitrogen functional groups attached to an aromatic ring is 2. The van der Waals surface area contributed by atoms with Crippen LogP contribution in [0.25, 0.3) is 0 Å². The van der Waals surface area contributed by atoms with Crippen molar-refractivity contribution in [2.24, 2.45) is 0 Å². The number of anilines is 2. The predicted octanol–water partition coefficient (Wildman–Crippen LogP) is 1.79. The maximum atomic E-state index is 12.2. The lowest BCUT2D eigenvalue weighted by Gasteiger charge is -2.06. The molecule has 0 aliphatic rings. The lowest BCUT2D eigenvalue weighted by Crippen LogP contribution is -2.03. The van der Waals surface area contributed by atoms with Crippen LogP contribution in [0.15, 0.2) is 6.07 Å². The standard InChI is InChI=1S/C6H6F2IN3/c7-5(8)2-1-3(10)12-6(9)4(2)11/h1,5H,11H2,(H2,10,12). The van der Waals surface area contributed by atoms with Crippen LogP contribution in [0.1, 0.15) is 12.0 Å². The number of nitrogens with zero attached hydrogens (tertiary/aromatic N) is 1. The molecule has 0 radical (unpaired) electrons. The number of rotatable bonds is 1. The third-order valence-corrected chi connectivity index (χ3v) is 2.12. The third kappa shape index (κ3) is 1.74. The van der Waals surface area contributed by atoms with Crippen molar-refractivity contribution in [3.05, 3.63) is 15.3 Å². The number of halogens is 3. The van der Waals surface area contributed by atoms with E-state index in [9.17, 15) is 8.78 Å². The molecule has 0 bridgehead atoms. The van der Waals surface area contributed by atoms with Gasteiger partial charge in [-0.15, -0.1) is 0 Å². The molecule has 66 valence electrons. The molecule has 0 aromatic carbocycles. The summed E-state index contributed by atoms with van der Waals surface area (Å²) in [7, 11) is 0. The molecule has 1 aromatic heterocycles. The van der Waals surface area contributed by atoms with Crippen LogP contribution in [0, 0.1) is 3.70 Å². The third-order valence-electron chi connectivity index (χ3n) is 1.30. The largest absolute Gasteiger partial charge is 0.396 e. The van der Waals surface area contributed by atoms with Gasteiger partial charge in [0.15, 0.2) is 0 Å². The Morgan fingerprint density at radius 3 is 2.50 bits per heavy atom. The van der Waals surface area contributed by atoms with Crippen LogP contribution in [0.2, 0.25) is 0 Å². The Morgan fingerprint density at radius 1 is 1.42 bits per heavy atom. The molecule has 1 aromatic rings. The fraction of sp³-hybridized carbons (Fsp3) is 0.167. The molecule has 0 atom stereocenters. The second kappa shape index (κ2) is 3.38.